The number of nitrogens with one attached hydrogen (secondary N) is 1. The van der Waals surface area contributed by atoms with Crippen molar-refractivity contribution in [2.75, 3.05) is 20.6 Å². The third kappa shape index (κ3) is 3.01. The highest BCUT2D eigenvalue weighted by Gasteiger charge is 2.27. The van der Waals surface area contributed by atoms with Gasteiger partial charge in [-0.25, -0.2) is 13.4 Å². The van der Waals surface area contributed by atoms with Gasteiger partial charge in [-0.1, -0.05) is 11.6 Å². The Kier molecular flexibility index (Phi) is 4.71. The minimum Gasteiger partial charge on any atom is -0.359 e. The molecule has 18 heavy (non-hydrogen) atoms. The van der Waals surface area contributed by atoms with Crippen molar-refractivity contribution in [3.05, 3.63) is 11.5 Å². The van der Waals surface area contributed by atoms with Gasteiger partial charge in [-0.3, -0.25) is 4.79 Å². The van der Waals surface area contributed by atoms with E-state index in [2.05, 4.69) is 10.3 Å². The molecule has 0 aromatic carbocycles. The first-order valence-electron chi connectivity index (χ1n) is 5.14. The summed E-state index contributed by atoms with van der Waals surface area (Å²) in [5.41, 5.74) is 0. The molecule has 0 saturated carbocycles. The number of rotatable bonds is 5. The largest absolute Gasteiger partial charge is 0.359 e. The lowest BCUT2D eigenvalue weighted by Crippen LogP contribution is -2.31. The minimum atomic E-state index is -3.76. The quantitative estimate of drug-likeness (QED) is 0.817. The number of sulfonamides is 1. The van der Waals surface area contributed by atoms with Crippen molar-refractivity contribution in [1.29, 1.82) is 0 Å². The molecule has 0 fully saturated rings. The van der Waals surface area contributed by atoms with Crippen LogP contribution in [0.2, 0.25) is 5.15 Å². The summed E-state index contributed by atoms with van der Waals surface area (Å²) in [5, 5.41) is 2.26. The van der Waals surface area contributed by atoms with Crippen molar-refractivity contribution < 1.29 is 13.2 Å². The molecule has 102 valence electrons. The highest BCUT2D eigenvalue weighted by molar-refractivity contribution is 7.89. The van der Waals surface area contributed by atoms with Crippen LogP contribution in [0, 0.1) is 0 Å². The van der Waals surface area contributed by atoms with E-state index in [0.717, 1.165) is 4.31 Å². The predicted octanol–water partition coefficient (Wildman–Crippen LogP) is -0.170. The van der Waals surface area contributed by atoms with E-state index in [1.54, 1.807) is 7.05 Å². The summed E-state index contributed by atoms with van der Waals surface area (Å²) in [6.45, 7) is 0.0644. The smallest absolute Gasteiger partial charge is 0.263 e. The van der Waals surface area contributed by atoms with Gasteiger partial charge < -0.3 is 9.88 Å². The molecule has 0 aliphatic heterocycles. The van der Waals surface area contributed by atoms with E-state index in [4.69, 9.17) is 11.6 Å². The second-order valence-corrected chi connectivity index (χ2v) is 6.02. The Hall–Kier alpha value is -1.12. The number of hydrogen-bond donors (Lipinski definition) is 1. The predicted molar refractivity (Wildman–Crippen MR) is 66.7 cm³/mol. The van der Waals surface area contributed by atoms with Crippen LogP contribution in [-0.2, 0) is 21.9 Å². The molecule has 1 aromatic heterocycles. The third-order valence-corrected chi connectivity index (χ3v) is 4.77. The zero-order valence-corrected chi connectivity index (χ0v) is 11.9. The summed E-state index contributed by atoms with van der Waals surface area (Å²) in [7, 11) is 0.704. The fraction of sp³-hybridized carbons (Fsp3) is 0.556. The normalized spacial score (nSPS) is 11.8. The molecule has 1 aromatic rings. The number of carbonyl (C=O) groups is 1. The Morgan fingerprint density at radius 1 is 1.61 bits per heavy atom. The Morgan fingerprint density at radius 3 is 2.67 bits per heavy atom. The minimum absolute atomic E-state index is 0.0433. The number of halogens is 1. The lowest BCUT2D eigenvalue weighted by Gasteiger charge is -2.15. The fourth-order valence-electron chi connectivity index (χ4n) is 1.22. The molecule has 1 N–H and O–H groups in total. The van der Waals surface area contributed by atoms with Crippen LogP contribution in [0.3, 0.4) is 0 Å². The molecule has 1 heterocycles. The number of aromatic nitrogens is 2. The number of amides is 1. The zero-order valence-electron chi connectivity index (χ0n) is 10.3. The molecule has 1 rings (SSSR count). The maximum Gasteiger partial charge on any atom is 0.263 e. The van der Waals surface area contributed by atoms with Crippen molar-refractivity contribution >= 4 is 27.5 Å². The second kappa shape index (κ2) is 5.68. The zero-order chi connectivity index (χ0) is 13.9. The average Bonchev–Trinajstić information content (AvgIpc) is 2.66. The molecular formula is C9H15ClN4O3S. The van der Waals surface area contributed by atoms with Gasteiger partial charge in [0.2, 0.25) is 10.9 Å². The van der Waals surface area contributed by atoms with Gasteiger partial charge in [-0.15, -0.1) is 0 Å². The van der Waals surface area contributed by atoms with Crippen LogP contribution in [0.1, 0.15) is 6.42 Å². The SMILES string of the molecule is CNC(=O)CCN(C)S(=O)(=O)c1ncn(C)c1Cl. The molecule has 0 radical (unpaired) electrons. The van der Waals surface area contributed by atoms with Crippen LogP contribution in [0.15, 0.2) is 11.4 Å². The van der Waals surface area contributed by atoms with Crippen molar-refractivity contribution in [3.63, 3.8) is 0 Å². The van der Waals surface area contributed by atoms with E-state index in [-0.39, 0.29) is 29.1 Å². The maximum absolute atomic E-state index is 12.1. The van der Waals surface area contributed by atoms with Crippen molar-refractivity contribution in [2.24, 2.45) is 7.05 Å². The van der Waals surface area contributed by atoms with Crippen LogP contribution < -0.4 is 5.32 Å². The summed E-state index contributed by atoms with van der Waals surface area (Å²) in [6, 6.07) is 0. The maximum atomic E-state index is 12.1. The van der Waals surface area contributed by atoms with Crippen molar-refractivity contribution in [3.8, 4) is 0 Å². The van der Waals surface area contributed by atoms with Gasteiger partial charge in [0.1, 0.15) is 5.15 Å². The molecule has 0 atom stereocenters. The highest BCUT2D eigenvalue weighted by Crippen LogP contribution is 2.21. The Bertz CT molecular complexity index is 540. The van der Waals surface area contributed by atoms with Gasteiger partial charge in [0.15, 0.2) is 0 Å². The van der Waals surface area contributed by atoms with Crippen LogP contribution >= 0.6 is 11.6 Å². The molecule has 1 amide bonds. The third-order valence-electron chi connectivity index (χ3n) is 2.42. The fourth-order valence-corrected chi connectivity index (χ4v) is 2.77. The first kappa shape index (κ1) is 14.9. The molecule has 0 bridgehead atoms. The molecule has 0 unspecified atom stereocenters. The Morgan fingerprint density at radius 2 is 2.22 bits per heavy atom. The first-order chi connectivity index (χ1) is 8.30. The molecule has 0 aliphatic rings. The molecule has 0 spiro atoms. The summed E-state index contributed by atoms with van der Waals surface area (Å²) in [6.07, 6.45) is 1.40. The Labute approximate surface area is 111 Å². The van der Waals surface area contributed by atoms with Crippen molar-refractivity contribution in [2.45, 2.75) is 11.4 Å². The first-order valence-corrected chi connectivity index (χ1v) is 6.96. The summed E-state index contributed by atoms with van der Waals surface area (Å²) >= 11 is 5.84. The number of aryl methyl sites for hydroxylation is 1. The topological polar surface area (TPSA) is 84.3 Å². The number of nitrogens with zero attached hydrogens (tertiary/aromatic N) is 3. The standard InChI is InChI=1S/C9H15ClN4O3S/c1-11-7(15)4-5-14(3)18(16,17)9-8(10)13(2)6-12-9/h6H,4-5H2,1-3H3,(H,11,15). The average molecular weight is 295 g/mol. The van der Waals surface area contributed by atoms with Crippen LogP contribution in [0.4, 0.5) is 0 Å². The second-order valence-electron chi connectivity index (χ2n) is 3.70. The van der Waals surface area contributed by atoms with E-state index in [1.165, 1.54) is 25.0 Å². The highest BCUT2D eigenvalue weighted by atomic mass is 35.5. The van der Waals surface area contributed by atoms with Gasteiger partial charge in [0.25, 0.3) is 10.0 Å². The lowest BCUT2D eigenvalue weighted by atomic mass is 10.4. The summed E-state index contributed by atoms with van der Waals surface area (Å²) in [5.74, 6) is -0.232. The van der Waals surface area contributed by atoms with Crippen LogP contribution in [-0.4, -0.2) is 48.8 Å². The van der Waals surface area contributed by atoms with Gasteiger partial charge in [-0.05, 0) is 0 Å². The molecule has 0 aliphatic carbocycles. The lowest BCUT2D eigenvalue weighted by molar-refractivity contribution is -0.120. The van der Waals surface area contributed by atoms with Gasteiger partial charge >= 0.3 is 0 Å². The summed E-state index contributed by atoms with van der Waals surface area (Å²) < 4.78 is 26.7. The van der Waals surface area contributed by atoms with Gasteiger partial charge in [-0.2, -0.15) is 4.31 Å². The molecule has 0 saturated heterocycles. The van der Waals surface area contributed by atoms with Crippen molar-refractivity contribution in [1.82, 2.24) is 19.2 Å². The van der Waals surface area contributed by atoms with E-state index in [0.29, 0.717) is 0 Å². The van der Waals surface area contributed by atoms with E-state index >= 15 is 0 Å². The molecular weight excluding hydrogens is 280 g/mol. The van der Waals surface area contributed by atoms with Gasteiger partial charge in [0.05, 0.1) is 6.33 Å². The molecule has 7 nitrogen and oxygen atoms in total. The van der Waals surface area contributed by atoms with Gasteiger partial charge in [0, 0.05) is 34.1 Å². The van der Waals surface area contributed by atoms with Crippen LogP contribution in [0.5, 0.6) is 0 Å². The number of imidazole rings is 1. The monoisotopic (exact) mass is 294 g/mol. The van der Waals surface area contributed by atoms with E-state index in [1.807, 2.05) is 0 Å². The summed E-state index contributed by atoms with van der Waals surface area (Å²) in [4.78, 5) is 14.8. The number of carbonyl (C=O) groups excluding carboxylic acids is 1. The number of hydrogen-bond acceptors (Lipinski definition) is 4. The molecule has 9 heteroatoms. The Balaban J connectivity index is 2.87. The van der Waals surface area contributed by atoms with E-state index in [9.17, 15) is 13.2 Å². The van der Waals surface area contributed by atoms with E-state index < -0.39 is 10.0 Å². The van der Waals surface area contributed by atoms with Crippen LogP contribution in [0.25, 0.3) is 0 Å².